The number of carbonyl (C=O) groups is 2. The van der Waals surface area contributed by atoms with Crippen molar-refractivity contribution in [2.75, 3.05) is 5.32 Å². The topological polar surface area (TPSA) is 128 Å². The largest absolute Gasteiger partial charge is 0.444 e. The van der Waals surface area contributed by atoms with Crippen molar-refractivity contribution in [3.05, 3.63) is 59.7 Å². The monoisotopic (exact) mass is 419 g/mol. The summed E-state index contributed by atoms with van der Waals surface area (Å²) in [7, 11) is -3.77. The van der Waals surface area contributed by atoms with Crippen LogP contribution in [-0.4, -0.2) is 26.0 Å². The van der Waals surface area contributed by atoms with E-state index in [0.29, 0.717) is 16.8 Å². The van der Waals surface area contributed by atoms with E-state index in [4.69, 9.17) is 9.88 Å². The number of rotatable bonds is 5. The van der Waals surface area contributed by atoms with Gasteiger partial charge in [-0.2, -0.15) is 0 Å². The fraction of sp³-hybridized carbons (Fsp3) is 0.300. The van der Waals surface area contributed by atoms with E-state index in [0.717, 1.165) is 0 Å². The maximum absolute atomic E-state index is 12.6. The molecule has 0 aliphatic carbocycles. The van der Waals surface area contributed by atoms with Gasteiger partial charge in [-0.05, 0) is 63.6 Å². The Morgan fingerprint density at radius 1 is 1.07 bits per heavy atom. The predicted molar refractivity (Wildman–Crippen MR) is 110 cm³/mol. The van der Waals surface area contributed by atoms with Crippen molar-refractivity contribution in [1.82, 2.24) is 5.32 Å². The lowest BCUT2D eigenvalue weighted by molar-refractivity contribution is 0.0635. The van der Waals surface area contributed by atoms with Crippen LogP contribution in [0, 0.1) is 0 Å². The average molecular weight is 420 g/mol. The number of anilines is 1. The fourth-order valence-electron chi connectivity index (χ4n) is 2.47. The Morgan fingerprint density at radius 2 is 1.69 bits per heavy atom. The van der Waals surface area contributed by atoms with Crippen molar-refractivity contribution in [2.24, 2.45) is 5.14 Å². The van der Waals surface area contributed by atoms with Crippen LogP contribution in [0.25, 0.3) is 0 Å². The number of nitrogens with one attached hydrogen (secondary N) is 2. The van der Waals surface area contributed by atoms with Gasteiger partial charge < -0.3 is 10.1 Å². The highest BCUT2D eigenvalue weighted by Gasteiger charge is 2.17. The number of carbonyl (C=O) groups excluding carboxylic acids is 2. The highest BCUT2D eigenvalue weighted by atomic mass is 32.2. The third-order valence-electron chi connectivity index (χ3n) is 3.83. The minimum absolute atomic E-state index is 0.000644. The van der Waals surface area contributed by atoms with Gasteiger partial charge in [-0.1, -0.05) is 18.2 Å². The molecule has 0 radical (unpaired) electrons. The summed E-state index contributed by atoms with van der Waals surface area (Å²) >= 11 is 0. The first kappa shape index (κ1) is 22.4. The standard InChI is InChI=1S/C20H25N3O5S/c1-13(14-8-10-17(11-9-14)29(21,26)27)22-18(24)15-6-5-7-16(12-15)23-19(25)28-20(2,3)4/h5-13H,1-4H3,(H,22,24)(H,23,25)(H2,21,26,27). The summed E-state index contributed by atoms with van der Waals surface area (Å²) < 4.78 is 27.9. The van der Waals surface area contributed by atoms with Crippen LogP contribution >= 0.6 is 0 Å². The Labute approximate surface area is 170 Å². The highest BCUT2D eigenvalue weighted by Crippen LogP contribution is 2.18. The summed E-state index contributed by atoms with van der Waals surface area (Å²) in [5.74, 6) is -0.346. The summed E-state index contributed by atoms with van der Waals surface area (Å²) in [5, 5.41) is 10.5. The highest BCUT2D eigenvalue weighted by molar-refractivity contribution is 7.89. The summed E-state index contributed by atoms with van der Waals surface area (Å²) in [6.07, 6.45) is -0.613. The molecule has 0 spiro atoms. The molecule has 4 N–H and O–H groups in total. The third-order valence-corrected chi connectivity index (χ3v) is 4.76. The number of nitrogens with two attached hydrogens (primary N) is 1. The molecule has 156 valence electrons. The number of benzene rings is 2. The molecule has 0 aliphatic rings. The van der Waals surface area contributed by atoms with Crippen LogP contribution in [-0.2, 0) is 14.8 Å². The second-order valence-corrected chi connectivity index (χ2v) is 9.08. The molecular formula is C20H25N3O5S. The first-order chi connectivity index (χ1) is 13.3. The number of primary sulfonamides is 1. The Bertz CT molecular complexity index is 996. The molecule has 2 aromatic carbocycles. The zero-order chi connectivity index (χ0) is 21.8. The molecule has 0 aromatic heterocycles. The van der Waals surface area contributed by atoms with Crippen LogP contribution in [0.1, 0.15) is 49.7 Å². The van der Waals surface area contributed by atoms with Gasteiger partial charge in [-0.25, -0.2) is 18.4 Å². The van der Waals surface area contributed by atoms with E-state index in [1.54, 1.807) is 58.0 Å². The van der Waals surface area contributed by atoms with Gasteiger partial charge >= 0.3 is 6.09 Å². The van der Waals surface area contributed by atoms with Gasteiger partial charge in [0.15, 0.2) is 0 Å². The van der Waals surface area contributed by atoms with Crippen molar-refractivity contribution in [3.63, 3.8) is 0 Å². The number of hydrogen-bond acceptors (Lipinski definition) is 5. The minimum atomic E-state index is -3.77. The SMILES string of the molecule is CC(NC(=O)c1cccc(NC(=O)OC(C)(C)C)c1)c1ccc(S(N)(=O)=O)cc1. The van der Waals surface area contributed by atoms with Gasteiger partial charge in [0.05, 0.1) is 10.9 Å². The molecule has 2 aromatic rings. The Hall–Kier alpha value is -2.91. The van der Waals surface area contributed by atoms with Crippen molar-refractivity contribution in [3.8, 4) is 0 Å². The van der Waals surface area contributed by atoms with Crippen molar-refractivity contribution >= 4 is 27.7 Å². The molecule has 29 heavy (non-hydrogen) atoms. The lowest BCUT2D eigenvalue weighted by Crippen LogP contribution is -2.28. The summed E-state index contributed by atoms with van der Waals surface area (Å²) in [6.45, 7) is 7.04. The maximum atomic E-state index is 12.6. The maximum Gasteiger partial charge on any atom is 0.412 e. The Morgan fingerprint density at radius 3 is 2.24 bits per heavy atom. The fourth-order valence-corrected chi connectivity index (χ4v) is 2.98. The normalized spacial score (nSPS) is 12.7. The first-order valence-electron chi connectivity index (χ1n) is 8.89. The van der Waals surface area contributed by atoms with E-state index >= 15 is 0 Å². The minimum Gasteiger partial charge on any atom is -0.444 e. The van der Waals surface area contributed by atoms with Crippen LogP contribution in [0.2, 0.25) is 0 Å². The Kier molecular flexibility index (Phi) is 6.66. The molecule has 0 heterocycles. The smallest absolute Gasteiger partial charge is 0.412 e. The third kappa shape index (κ3) is 6.88. The van der Waals surface area contributed by atoms with Crippen molar-refractivity contribution < 1.29 is 22.7 Å². The van der Waals surface area contributed by atoms with E-state index in [9.17, 15) is 18.0 Å². The van der Waals surface area contributed by atoms with Gasteiger partial charge in [-0.15, -0.1) is 0 Å². The second-order valence-electron chi connectivity index (χ2n) is 7.52. The summed E-state index contributed by atoms with van der Waals surface area (Å²) in [6, 6.07) is 12.0. The first-order valence-corrected chi connectivity index (χ1v) is 10.4. The molecule has 1 atom stereocenters. The molecule has 1 unspecified atom stereocenters. The number of amides is 2. The average Bonchev–Trinajstić information content (AvgIpc) is 2.59. The van der Waals surface area contributed by atoms with E-state index in [2.05, 4.69) is 10.6 Å². The van der Waals surface area contributed by atoms with Crippen LogP contribution in [0.5, 0.6) is 0 Å². The van der Waals surface area contributed by atoms with E-state index in [1.807, 2.05) is 0 Å². The molecule has 0 aliphatic heterocycles. The van der Waals surface area contributed by atoms with Gasteiger partial charge in [0, 0.05) is 11.3 Å². The van der Waals surface area contributed by atoms with E-state index < -0.39 is 21.7 Å². The van der Waals surface area contributed by atoms with Crippen molar-refractivity contribution in [1.29, 1.82) is 0 Å². The number of ether oxygens (including phenoxy) is 1. The van der Waals surface area contributed by atoms with Gasteiger partial charge in [-0.3, -0.25) is 10.1 Å². The molecule has 0 saturated carbocycles. The molecule has 0 bridgehead atoms. The van der Waals surface area contributed by atoms with Crippen LogP contribution in [0.3, 0.4) is 0 Å². The molecular weight excluding hydrogens is 394 g/mol. The summed E-state index contributed by atoms with van der Waals surface area (Å²) in [4.78, 5) is 24.4. The molecule has 8 nitrogen and oxygen atoms in total. The van der Waals surface area contributed by atoms with Gasteiger partial charge in [0.1, 0.15) is 5.60 Å². The molecule has 0 saturated heterocycles. The van der Waals surface area contributed by atoms with Crippen LogP contribution in [0.15, 0.2) is 53.4 Å². The molecule has 0 fully saturated rings. The van der Waals surface area contributed by atoms with Crippen molar-refractivity contribution in [2.45, 2.75) is 44.2 Å². The van der Waals surface area contributed by atoms with Crippen LogP contribution < -0.4 is 15.8 Å². The quantitative estimate of drug-likeness (QED) is 0.686. The predicted octanol–water partition coefficient (Wildman–Crippen LogP) is 3.17. The van der Waals surface area contributed by atoms with Gasteiger partial charge in [0.25, 0.3) is 5.91 Å². The zero-order valence-electron chi connectivity index (χ0n) is 16.7. The zero-order valence-corrected chi connectivity index (χ0v) is 17.5. The Balaban J connectivity index is 2.06. The second kappa shape index (κ2) is 8.62. The lowest BCUT2D eigenvalue weighted by atomic mass is 10.1. The molecule has 9 heteroatoms. The number of hydrogen-bond donors (Lipinski definition) is 3. The van der Waals surface area contributed by atoms with Crippen LogP contribution in [0.4, 0.5) is 10.5 Å². The lowest BCUT2D eigenvalue weighted by Gasteiger charge is -2.20. The van der Waals surface area contributed by atoms with E-state index in [1.165, 1.54) is 18.2 Å². The summed E-state index contributed by atoms with van der Waals surface area (Å²) in [5.41, 5.74) is 0.866. The van der Waals surface area contributed by atoms with Gasteiger partial charge in [0.2, 0.25) is 10.0 Å². The molecule has 2 amide bonds. The number of sulfonamides is 1. The molecule has 2 rings (SSSR count). The van der Waals surface area contributed by atoms with E-state index in [-0.39, 0.29) is 16.8 Å².